The minimum atomic E-state index is -0.265. The van der Waals surface area contributed by atoms with E-state index in [1.54, 1.807) is 12.4 Å². The molecule has 1 fully saturated rings. The molecule has 2 atom stereocenters. The Bertz CT molecular complexity index is 651. The molecule has 1 aliphatic carbocycles. The number of carbonyl (C=O) groups is 1. The number of carbonyl (C=O) groups excluding carboxylic acids is 1. The molecule has 3 rings (SSSR count). The van der Waals surface area contributed by atoms with Crippen LogP contribution in [0.1, 0.15) is 43.5 Å². The van der Waals surface area contributed by atoms with E-state index in [-0.39, 0.29) is 11.2 Å². The van der Waals surface area contributed by atoms with Crippen LogP contribution in [0.5, 0.6) is 0 Å². The van der Waals surface area contributed by atoms with Gasteiger partial charge in [-0.05, 0) is 34.7 Å². The number of aromatic amines is 1. The smallest absolute Gasteiger partial charge is 0.172 e. The molecule has 2 aromatic rings. The molecule has 0 aromatic carbocycles. The quantitative estimate of drug-likeness (QED) is 0.857. The summed E-state index contributed by atoms with van der Waals surface area (Å²) in [6, 6.07) is 0. The number of H-pyrrole nitrogens is 1. The lowest BCUT2D eigenvalue weighted by molar-refractivity contribution is 0.0767. The Kier molecular flexibility index (Phi) is 2.96. The fraction of sp³-hybridized carbons (Fsp3) is 0.500. The van der Waals surface area contributed by atoms with E-state index in [2.05, 4.69) is 44.7 Å². The molecule has 4 nitrogen and oxygen atoms in total. The molecular formula is C14H16BrN3O. The van der Waals surface area contributed by atoms with Gasteiger partial charge in [0, 0.05) is 11.6 Å². The minimum Gasteiger partial charge on any atom is -0.344 e. The van der Waals surface area contributed by atoms with Crippen LogP contribution in [0.4, 0.5) is 0 Å². The molecule has 0 bridgehead atoms. The Balaban J connectivity index is 2.09. The van der Waals surface area contributed by atoms with Gasteiger partial charge < -0.3 is 4.98 Å². The van der Waals surface area contributed by atoms with Crippen molar-refractivity contribution in [2.24, 2.45) is 11.3 Å². The first kappa shape index (κ1) is 12.8. The number of fused-ring (bicyclic) bond motifs is 1. The van der Waals surface area contributed by atoms with Crippen LogP contribution in [-0.2, 0) is 0 Å². The molecular weight excluding hydrogens is 306 g/mol. The van der Waals surface area contributed by atoms with Gasteiger partial charge in [0.25, 0.3) is 0 Å². The van der Waals surface area contributed by atoms with Gasteiger partial charge in [-0.15, -0.1) is 0 Å². The third-order valence-electron chi connectivity index (χ3n) is 4.54. The molecule has 0 saturated heterocycles. The van der Waals surface area contributed by atoms with Gasteiger partial charge in [-0.3, -0.25) is 4.79 Å². The van der Waals surface area contributed by atoms with Crippen molar-refractivity contribution >= 4 is 32.9 Å². The summed E-state index contributed by atoms with van der Waals surface area (Å²) < 4.78 is 0.651. The molecule has 1 aliphatic rings. The van der Waals surface area contributed by atoms with Crippen LogP contribution >= 0.6 is 15.9 Å². The van der Waals surface area contributed by atoms with Gasteiger partial charge in [-0.1, -0.05) is 20.3 Å². The summed E-state index contributed by atoms with van der Waals surface area (Å²) in [5.74, 6) is 0.612. The van der Waals surface area contributed by atoms with Crippen LogP contribution < -0.4 is 0 Å². The van der Waals surface area contributed by atoms with E-state index in [4.69, 9.17) is 0 Å². The maximum Gasteiger partial charge on any atom is 0.172 e. The van der Waals surface area contributed by atoms with Crippen LogP contribution in [0.3, 0.4) is 0 Å². The molecule has 1 saturated carbocycles. The van der Waals surface area contributed by atoms with Crippen LogP contribution in [-0.4, -0.2) is 20.7 Å². The van der Waals surface area contributed by atoms with Crippen molar-refractivity contribution < 1.29 is 4.79 Å². The first-order chi connectivity index (χ1) is 9.02. The standard InChI is InChI=1S/C14H16BrN3O/c1-8-4-3-5-14(8,2)12(19)9-6-16-13-11(9)18-10(15)7-17-13/h6-8H,3-5H2,1-2H3,(H,16,17). The Morgan fingerprint density at radius 1 is 1.58 bits per heavy atom. The minimum absolute atomic E-state index is 0.191. The van der Waals surface area contributed by atoms with Crippen molar-refractivity contribution in [1.29, 1.82) is 0 Å². The molecule has 2 unspecified atom stereocenters. The van der Waals surface area contributed by atoms with Crippen LogP contribution in [0.25, 0.3) is 11.2 Å². The first-order valence-electron chi connectivity index (χ1n) is 6.57. The summed E-state index contributed by atoms with van der Waals surface area (Å²) >= 11 is 3.31. The number of nitrogens with one attached hydrogen (secondary N) is 1. The van der Waals surface area contributed by atoms with Crippen molar-refractivity contribution in [3.63, 3.8) is 0 Å². The number of hydrogen-bond donors (Lipinski definition) is 1. The average molecular weight is 322 g/mol. The Morgan fingerprint density at radius 3 is 3.05 bits per heavy atom. The predicted octanol–water partition coefficient (Wildman–Crippen LogP) is 3.73. The number of rotatable bonds is 2. The Morgan fingerprint density at radius 2 is 2.37 bits per heavy atom. The summed E-state index contributed by atoms with van der Waals surface area (Å²) in [6.45, 7) is 4.25. The molecule has 0 spiro atoms. The van der Waals surface area contributed by atoms with E-state index in [1.165, 1.54) is 0 Å². The maximum atomic E-state index is 12.9. The largest absolute Gasteiger partial charge is 0.344 e. The molecule has 2 heterocycles. The first-order valence-corrected chi connectivity index (χ1v) is 7.36. The normalized spacial score (nSPS) is 27.0. The van der Waals surface area contributed by atoms with Crippen LogP contribution in [0.15, 0.2) is 17.0 Å². The molecule has 0 aliphatic heterocycles. The molecule has 100 valence electrons. The second kappa shape index (κ2) is 4.40. The summed E-state index contributed by atoms with van der Waals surface area (Å²) in [6.07, 6.45) is 6.59. The van der Waals surface area contributed by atoms with Crippen LogP contribution in [0.2, 0.25) is 0 Å². The third-order valence-corrected chi connectivity index (χ3v) is 4.92. The average Bonchev–Trinajstić information content (AvgIpc) is 2.94. The molecule has 0 radical (unpaired) electrons. The topological polar surface area (TPSA) is 58.6 Å². The van der Waals surface area contributed by atoms with Gasteiger partial charge in [0.05, 0.1) is 11.8 Å². The highest BCUT2D eigenvalue weighted by atomic mass is 79.9. The third kappa shape index (κ3) is 1.91. The number of halogens is 1. The van der Waals surface area contributed by atoms with Crippen LogP contribution in [0, 0.1) is 11.3 Å². The molecule has 5 heteroatoms. The lowest BCUT2D eigenvalue weighted by Crippen LogP contribution is -2.30. The molecule has 0 amide bonds. The van der Waals surface area contributed by atoms with Crippen molar-refractivity contribution in [2.45, 2.75) is 33.1 Å². The van der Waals surface area contributed by atoms with Gasteiger partial charge in [0.1, 0.15) is 10.1 Å². The predicted molar refractivity (Wildman–Crippen MR) is 77.0 cm³/mol. The highest BCUT2D eigenvalue weighted by Gasteiger charge is 2.43. The fourth-order valence-electron chi connectivity index (χ4n) is 3.03. The Labute approximate surface area is 120 Å². The summed E-state index contributed by atoms with van der Waals surface area (Å²) in [4.78, 5) is 24.5. The van der Waals surface area contributed by atoms with Gasteiger partial charge in [-0.2, -0.15) is 0 Å². The van der Waals surface area contributed by atoms with E-state index in [0.29, 0.717) is 27.2 Å². The second-order valence-electron chi connectivity index (χ2n) is 5.63. The SMILES string of the molecule is CC1CCCC1(C)C(=O)c1c[nH]c2ncc(Br)nc12. The zero-order valence-corrected chi connectivity index (χ0v) is 12.6. The molecule has 2 aromatic heterocycles. The number of nitrogens with zero attached hydrogens (tertiary/aromatic N) is 2. The summed E-state index contributed by atoms with van der Waals surface area (Å²) in [7, 11) is 0. The number of hydrogen-bond acceptors (Lipinski definition) is 3. The van der Waals surface area contributed by atoms with Crippen molar-refractivity contribution in [2.75, 3.05) is 0 Å². The summed E-state index contributed by atoms with van der Waals surface area (Å²) in [5.41, 5.74) is 1.74. The van der Waals surface area contributed by atoms with Crippen molar-refractivity contribution in [1.82, 2.24) is 15.0 Å². The van der Waals surface area contributed by atoms with Crippen molar-refractivity contribution in [3.05, 3.63) is 22.6 Å². The van der Waals surface area contributed by atoms with E-state index in [0.717, 1.165) is 19.3 Å². The van der Waals surface area contributed by atoms with E-state index < -0.39 is 0 Å². The molecule has 19 heavy (non-hydrogen) atoms. The summed E-state index contributed by atoms with van der Waals surface area (Å²) in [5, 5.41) is 0. The van der Waals surface area contributed by atoms with E-state index >= 15 is 0 Å². The highest BCUT2D eigenvalue weighted by Crippen LogP contribution is 2.45. The van der Waals surface area contributed by atoms with E-state index in [9.17, 15) is 4.79 Å². The van der Waals surface area contributed by atoms with Crippen molar-refractivity contribution in [3.8, 4) is 0 Å². The highest BCUT2D eigenvalue weighted by molar-refractivity contribution is 9.10. The van der Waals surface area contributed by atoms with Gasteiger partial charge >= 0.3 is 0 Å². The Hall–Kier alpha value is -1.23. The van der Waals surface area contributed by atoms with Gasteiger partial charge in [0.15, 0.2) is 11.4 Å². The maximum absolute atomic E-state index is 12.9. The molecule has 1 N–H and O–H groups in total. The monoisotopic (exact) mass is 321 g/mol. The van der Waals surface area contributed by atoms with Gasteiger partial charge in [0.2, 0.25) is 0 Å². The fourth-order valence-corrected chi connectivity index (χ4v) is 3.31. The second-order valence-corrected chi connectivity index (χ2v) is 6.44. The van der Waals surface area contributed by atoms with Gasteiger partial charge in [-0.25, -0.2) is 9.97 Å². The lowest BCUT2D eigenvalue weighted by atomic mass is 9.75. The van der Waals surface area contributed by atoms with E-state index in [1.807, 2.05) is 0 Å². The zero-order chi connectivity index (χ0) is 13.6. The number of Topliss-reactive ketones (excluding diaryl/α,β-unsaturated/α-hetero) is 1. The number of ketones is 1. The lowest BCUT2D eigenvalue weighted by Gasteiger charge is -2.27. The zero-order valence-electron chi connectivity index (χ0n) is 11.0. The number of aromatic nitrogens is 3.